The van der Waals surface area contributed by atoms with Crippen LogP contribution in [0.1, 0.15) is 16.9 Å². The fourth-order valence-electron chi connectivity index (χ4n) is 2.29. The van der Waals surface area contributed by atoms with Gasteiger partial charge in [-0.1, -0.05) is 28.1 Å². The number of nitrogens with zero attached hydrogens (tertiary/aromatic N) is 2. The lowest BCUT2D eigenvalue weighted by molar-refractivity contribution is -0.123. The second-order valence-electron chi connectivity index (χ2n) is 5.34. The SMILES string of the molecule is Cc1oc2ncnc(OCC(=O)NCc3cccc(Br)c3)c2c1C. The largest absolute Gasteiger partial charge is 0.467 e. The summed E-state index contributed by atoms with van der Waals surface area (Å²) >= 11 is 3.40. The zero-order chi connectivity index (χ0) is 17.1. The third kappa shape index (κ3) is 3.56. The van der Waals surface area contributed by atoms with E-state index >= 15 is 0 Å². The van der Waals surface area contributed by atoms with Gasteiger partial charge in [0.05, 0.1) is 0 Å². The molecule has 0 unspecified atom stereocenters. The van der Waals surface area contributed by atoms with Crippen molar-refractivity contribution >= 4 is 32.9 Å². The maximum Gasteiger partial charge on any atom is 0.258 e. The maximum atomic E-state index is 12.0. The van der Waals surface area contributed by atoms with Crippen molar-refractivity contribution in [3.8, 4) is 5.88 Å². The molecule has 3 aromatic rings. The molecule has 3 rings (SSSR count). The smallest absolute Gasteiger partial charge is 0.258 e. The number of carbonyl (C=O) groups excluding carboxylic acids is 1. The number of aromatic nitrogens is 2. The molecule has 2 aromatic heterocycles. The average molecular weight is 390 g/mol. The van der Waals surface area contributed by atoms with E-state index in [2.05, 4.69) is 31.2 Å². The molecule has 1 aromatic carbocycles. The molecule has 0 saturated carbocycles. The number of fused-ring (bicyclic) bond motifs is 1. The second kappa shape index (κ2) is 7.00. The van der Waals surface area contributed by atoms with Crippen LogP contribution in [0, 0.1) is 13.8 Å². The lowest BCUT2D eigenvalue weighted by Crippen LogP contribution is -2.28. The van der Waals surface area contributed by atoms with E-state index in [0.717, 1.165) is 21.4 Å². The summed E-state index contributed by atoms with van der Waals surface area (Å²) in [5.41, 5.74) is 2.38. The Kier molecular flexibility index (Phi) is 4.80. The van der Waals surface area contributed by atoms with E-state index < -0.39 is 0 Å². The number of aryl methyl sites for hydroxylation is 2. The lowest BCUT2D eigenvalue weighted by Gasteiger charge is -2.08. The Balaban J connectivity index is 1.62. The van der Waals surface area contributed by atoms with Gasteiger partial charge >= 0.3 is 0 Å². The van der Waals surface area contributed by atoms with Gasteiger partial charge in [-0.25, -0.2) is 9.97 Å². The molecule has 0 atom stereocenters. The Morgan fingerprint density at radius 1 is 1.33 bits per heavy atom. The lowest BCUT2D eigenvalue weighted by atomic mass is 10.2. The molecule has 0 aliphatic carbocycles. The number of nitrogens with one attached hydrogen (secondary N) is 1. The van der Waals surface area contributed by atoms with Crippen molar-refractivity contribution < 1.29 is 13.9 Å². The summed E-state index contributed by atoms with van der Waals surface area (Å²) in [7, 11) is 0. The van der Waals surface area contributed by atoms with Crippen LogP contribution in [0.25, 0.3) is 11.1 Å². The molecule has 0 spiro atoms. The Morgan fingerprint density at radius 2 is 2.17 bits per heavy atom. The first-order valence-electron chi connectivity index (χ1n) is 7.39. The summed E-state index contributed by atoms with van der Waals surface area (Å²) in [6.45, 7) is 4.07. The highest BCUT2D eigenvalue weighted by molar-refractivity contribution is 9.10. The molecule has 0 aliphatic heterocycles. The van der Waals surface area contributed by atoms with Gasteiger partial charge in [0.15, 0.2) is 6.61 Å². The van der Waals surface area contributed by atoms with Crippen molar-refractivity contribution in [3.63, 3.8) is 0 Å². The van der Waals surface area contributed by atoms with Gasteiger partial charge in [-0.3, -0.25) is 4.79 Å². The normalized spacial score (nSPS) is 10.8. The van der Waals surface area contributed by atoms with E-state index in [4.69, 9.17) is 9.15 Å². The number of amides is 1. The average Bonchev–Trinajstić information content (AvgIpc) is 2.86. The van der Waals surface area contributed by atoms with Gasteiger partial charge in [-0.15, -0.1) is 0 Å². The standard InChI is InChI=1S/C17H16BrN3O3/c1-10-11(2)24-17-15(10)16(20-9-21-17)23-8-14(22)19-7-12-4-3-5-13(18)6-12/h3-6,9H,7-8H2,1-2H3,(H,19,22). The fraction of sp³-hybridized carbons (Fsp3) is 0.235. The molecule has 0 radical (unpaired) electrons. The van der Waals surface area contributed by atoms with Crippen molar-refractivity contribution in [2.45, 2.75) is 20.4 Å². The van der Waals surface area contributed by atoms with E-state index in [1.807, 2.05) is 38.1 Å². The Labute approximate surface area is 147 Å². The van der Waals surface area contributed by atoms with Crippen LogP contribution in [-0.4, -0.2) is 22.5 Å². The van der Waals surface area contributed by atoms with Crippen LogP contribution in [-0.2, 0) is 11.3 Å². The molecule has 7 heteroatoms. The summed E-state index contributed by atoms with van der Waals surface area (Å²) in [6.07, 6.45) is 1.36. The molecule has 124 valence electrons. The van der Waals surface area contributed by atoms with Gasteiger partial charge in [0.2, 0.25) is 11.6 Å². The van der Waals surface area contributed by atoms with Crippen LogP contribution in [0.5, 0.6) is 5.88 Å². The molecular formula is C17H16BrN3O3. The monoisotopic (exact) mass is 389 g/mol. The first-order valence-corrected chi connectivity index (χ1v) is 8.18. The van der Waals surface area contributed by atoms with Crippen LogP contribution >= 0.6 is 15.9 Å². The molecule has 24 heavy (non-hydrogen) atoms. The third-order valence-electron chi connectivity index (χ3n) is 3.65. The van der Waals surface area contributed by atoms with Gasteiger partial charge in [0.25, 0.3) is 5.91 Å². The minimum Gasteiger partial charge on any atom is -0.467 e. The van der Waals surface area contributed by atoms with Crippen LogP contribution in [0.2, 0.25) is 0 Å². The predicted octanol–water partition coefficient (Wildman–Crippen LogP) is 3.30. The van der Waals surface area contributed by atoms with Crippen molar-refractivity contribution in [2.75, 3.05) is 6.61 Å². The summed E-state index contributed by atoms with van der Waals surface area (Å²) in [6, 6.07) is 7.75. The highest BCUT2D eigenvalue weighted by atomic mass is 79.9. The quantitative estimate of drug-likeness (QED) is 0.724. The highest BCUT2D eigenvalue weighted by Crippen LogP contribution is 2.29. The summed E-state index contributed by atoms with van der Waals surface area (Å²) in [4.78, 5) is 20.2. The molecule has 2 heterocycles. The van der Waals surface area contributed by atoms with Crippen LogP contribution in [0.3, 0.4) is 0 Å². The number of benzene rings is 1. The molecular weight excluding hydrogens is 374 g/mol. The van der Waals surface area contributed by atoms with Gasteiger partial charge in [0.1, 0.15) is 17.5 Å². The predicted molar refractivity (Wildman–Crippen MR) is 92.8 cm³/mol. The molecule has 0 bridgehead atoms. The number of hydrogen-bond donors (Lipinski definition) is 1. The van der Waals surface area contributed by atoms with Crippen molar-refractivity contribution in [3.05, 3.63) is 52.0 Å². The van der Waals surface area contributed by atoms with Gasteiger partial charge in [-0.05, 0) is 31.5 Å². The van der Waals surface area contributed by atoms with Gasteiger partial charge in [-0.2, -0.15) is 0 Å². The topological polar surface area (TPSA) is 77.2 Å². The van der Waals surface area contributed by atoms with E-state index in [1.165, 1.54) is 6.33 Å². The zero-order valence-corrected chi connectivity index (χ0v) is 14.9. The highest BCUT2D eigenvalue weighted by Gasteiger charge is 2.15. The number of ether oxygens (including phenoxy) is 1. The number of halogens is 1. The summed E-state index contributed by atoms with van der Waals surface area (Å²) < 4.78 is 12.1. The first-order chi connectivity index (χ1) is 11.5. The molecule has 1 N–H and O–H groups in total. The van der Waals surface area contributed by atoms with Crippen molar-refractivity contribution in [1.82, 2.24) is 15.3 Å². The van der Waals surface area contributed by atoms with E-state index in [0.29, 0.717) is 23.5 Å². The summed E-state index contributed by atoms with van der Waals surface area (Å²) in [5, 5.41) is 3.52. The van der Waals surface area contributed by atoms with E-state index in [9.17, 15) is 4.79 Å². The van der Waals surface area contributed by atoms with Crippen LogP contribution in [0.4, 0.5) is 0 Å². The number of carbonyl (C=O) groups is 1. The fourth-order valence-corrected chi connectivity index (χ4v) is 2.74. The van der Waals surface area contributed by atoms with E-state index in [1.54, 1.807) is 0 Å². The maximum absolute atomic E-state index is 12.0. The molecule has 1 amide bonds. The molecule has 6 nitrogen and oxygen atoms in total. The number of rotatable bonds is 5. The summed E-state index contributed by atoms with van der Waals surface area (Å²) in [5.74, 6) is 0.890. The van der Waals surface area contributed by atoms with Gasteiger partial charge < -0.3 is 14.5 Å². The second-order valence-corrected chi connectivity index (χ2v) is 6.25. The minimum absolute atomic E-state index is 0.121. The van der Waals surface area contributed by atoms with E-state index in [-0.39, 0.29) is 12.5 Å². The Morgan fingerprint density at radius 3 is 2.96 bits per heavy atom. The number of furan rings is 1. The van der Waals surface area contributed by atoms with Gasteiger partial charge in [0, 0.05) is 16.6 Å². The van der Waals surface area contributed by atoms with Crippen LogP contribution < -0.4 is 10.1 Å². The molecule has 0 saturated heterocycles. The van der Waals surface area contributed by atoms with Crippen LogP contribution in [0.15, 0.2) is 39.5 Å². The first kappa shape index (κ1) is 16.4. The van der Waals surface area contributed by atoms with Crippen molar-refractivity contribution in [2.24, 2.45) is 0 Å². The zero-order valence-electron chi connectivity index (χ0n) is 13.3. The Hall–Kier alpha value is -2.41. The third-order valence-corrected chi connectivity index (χ3v) is 4.14. The van der Waals surface area contributed by atoms with Crippen molar-refractivity contribution in [1.29, 1.82) is 0 Å². The molecule has 0 aliphatic rings. The number of hydrogen-bond acceptors (Lipinski definition) is 5. The minimum atomic E-state index is -0.223. The Bertz CT molecular complexity index is 892. The molecule has 0 fully saturated rings.